The first-order valence-electron chi connectivity index (χ1n) is 2.71. The first kappa shape index (κ1) is 23.0. The van der Waals surface area contributed by atoms with E-state index in [9.17, 15) is 0 Å². The van der Waals surface area contributed by atoms with Crippen LogP contribution in [-0.2, 0) is 37.5 Å². The molecule has 0 amide bonds. The van der Waals surface area contributed by atoms with Crippen molar-refractivity contribution in [1.29, 1.82) is 0 Å². The second-order valence-corrected chi connectivity index (χ2v) is 2.35. The van der Waals surface area contributed by atoms with Crippen LogP contribution >= 0.6 is 0 Å². The summed E-state index contributed by atoms with van der Waals surface area (Å²) in [6.45, 7) is 18.0. The summed E-state index contributed by atoms with van der Waals surface area (Å²) in [5.41, 5.74) is 0. The van der Waals surface area contributed by atoms with Gasteiger partial charge in [0.25, 0.3) is 27.2 Å². The molecule has 1 rings (SSSR count). The van der Waals surface area contributed by atoms with Crippen LogP contribution in [0.15, 0.2) is 22.4 Å². The van der Waals surface area contributed by atoms with E-state index < -0.39 is 0 Å². The van der Waals surface area contributed by atoms with Crippen molar-refractivity contribution < 1.29 is 37.5 Å². The fraction of sp³-hybridized carbons (Fsp3) is 0.111. The molecule has 0 N–H and O–H groups in total. The van der Waals surface area contributed by atoms with Gasteiger partial charge in [0.2, 0.25) is 0 Å². The van der Waals surface area contributed by atoms with Crippen LogP contribution in [0.5, 0.6) is 0 Å². The summed E-state index contributed by atoms with van der Waals surface area (Å²) >= 11 is 2.59. The Morgan fingerprint density at radius 1 is 0.929 bits per heavy atom. The number of rotatable bonds is 0. The van der Waals surface area contributed by atoms with Crippen molar-refractivity contribution in [2.24, 2.45) is 0 Å². The average molecular weight is 278 g/mol. The van der Waals surface area contributed by atoms with E-state index in [0.29, 0.717) is 0 Å². The van der Waals surface area contributed by atoms with E-state index in [1.807, 2.05) is 0 Å². The molecule has 0 unspecified atom stereocenters. The van der Waals surface area contributed by atoms with Crippen molar-refractivity contribution in [3.63, 3.8) is 0 Å². The van der Waals surface area contributed by atoms with Gasteiger partial charge in [-0.3, -0.25) is 19.2 Å². The van der Waals surface area contributed by atoms with Gasteiger partial charge in [0.15, 0.2) is 0 Å². The van der Waals surface area contributed by atoms with Crippen molar-refractivity contribution in [2.75, 3.05) is 0 Å². The monoisotopic (exact) mass is 279 g/mol. The molecule has 0 aliphatic heterocycles. The number of allylic oxidation sites excluding steroid dienone is 4. The van der Waals surface area contributed by atoms with Crippen LogP contribution in [0.3, 0.4) is 0 Å². The molecule has 5 heteroatoms. The Kier molecular flexibility index (Phi) is 67.3. The van der Waals surface area contributed by atoms with E-state index >= 15 is 0 Å². The predicted octanol–water partition coefficient (Wildman–Crippen LogP) is -0.211. The van der Waals surface area contributed by atoms with Gasteiger partial charge >= 0.3 is 47.1 Å². The molecule has 4 nitrogen and oxygen atoms in total. The average Bonchev–Trinajstić information content (AvgIpc) is 2.80. The topological polar surface area (TPSA) is 68.3 Å². The van der Waals surface area contributed by atoms with Crippen molar-refractivity contribution in [1.82, 2.24) is 0 Å². The standard InChI is InChI=1S/C5H5.4CO.Ru/c1-2-4-5-3-1;4*1-2;/h1-3H,4H2;;;;;. The van der Waals surface area contributed by atoms with E-state index in [1.54, 1.807) is 0 Å². The molecule has 0 bridgehead atoms. The van der Waals surface area contributed by atoms with Gasteiger partial charge in [0.1, 0.15) is 0 Å². The summed E-state index contributed by atoms with van der Waals surface area (Å²) in [6.07, 6.45) is 7.46. The van der Waals surface area contributed by atoms with Crippen LogP contribution in [0.25, 0.3) is 0 Å². The van der Waals surface area contributed by atoms with Crippen molar-refractivity contribution in [2.45, 2.75) is 6.42 Å². The second kappa shape index (κ2) is 41.0. The summed E-state index contributed by atoms with van der Waals surface area (Å²) < 4.78 is 1.40. The zero-order valence-corrected chi connectivity index (χ0v) is 8.66. The third-order valence-corrected chi connectivity index (χ3v) is 1.36. The number of hydrogen-bond acceptors (Lipinski definition) is 4. The molecule has 0 atom stereocenters. The maximum atomic E-state index is 7.50. The van der Waals surface area contributed by atoms with Gasteiger partial charge in [-0.2, -0.15) is 0 Å². The predicted molar refractivity (Wildman–Crippen MR) is 44.6 cm³/mol. The fourth-order valence-electron chi connectivity index (χ4n) is 0.416. The number of carbonyl (C=O) groups excluding carboxylic acids is 4. The molecule has 0 saturated heterocycles. The molecule has 0 aromatic heterocycles. The van der Waals surface area contributed by atoms with Gasteiger partial charge in [-0.1, -0.05) is 0 Å². The van der Waals surface area contributed by atoms with Gasteiger partial charge in [-0.15, -0.1) is 0 Å². The molecule has 1 aliphatic rings. The molecule has 1 aliphatic carbocycles. The normalized spacial score (nSPS) is 9.07. The third-order valence-electron chi connectivity index (χ3n) is 0.717. The van der Waals surface area contributed by atoms with Crippen molar-refractivity contribution in [3.8, 4) is 0 Å². The first-order valence-corrected chi connectivity index (χ1v) is 3.58. The Balaban J connectivity index is -0.0000000542. The molecule has 0 aromatic carbocycles. The third kappa shape index (κ3) is 30.9. The molecule has 0 heterocycles. The molecule has 0 spiro atoms. The SMILES string of the molecule is [C]=O.[C]=O.[C]=O.[C]=O.[Ru][C]1=CC=CC1. The zero-order chi connectivity index (χ0) is 12.4. The van der Waals surface area contributed by atoms with Crippen LogP contribution in [0.1, 0.15) is 6.42 Å². The minimum absolute atomic E-state index is 1.14. The summed E-state index contributed by atoms with van der Waals surface area (Å²) in [6, 6.07) is 0. The van der Waals surface area contributed by atoms with Gasteiger partial charge in [0.05, 0.1) is 0 Å². The zero-order valence-electron chi connectivity index (χ0n) is 6.93. The van der Waals surface area contributed by atoms with Crippen LogP contribution in [0.4, 0.5) is 0 Å². The number of hydrogen-bond donors (Lipinski definition) is 0. The molecule has 73 valence electrons. The minimum atomic E-state index is 1.14. The van der Waals surface area contributed by atoms with Gasteiger partial charge in [-0.25, -0.2) is 0 Å². The van der Waals surface area contributed by atoms with Crippen LogP contribution in [0, 0.1) is 0 Å². The van der Waals surface area contributed by atoms with Crippen LogP contribution in [-0.4, -0.2) is 27.2 Å². The maximum absolute atomic E-state index is 7.50. The van der Waals surface area contributed by atoms with Crippen molar-refractivity contribution in [3.05, 3.63) is 22.4 Å². The molecule has 0 aromatic rings. The Morgan fingerprint density at radius 2 is 1.29 bits per heavy atom. The van der Waals surface area contributed by atoms with E-state index in [-0.39, 0.29) is 0 Å². The Morgan fingerprint density at radius 3 is 1.36 bits per heavy atom. The fourth-order valence-corrected chi connectivity index (χ4v) is 0.788. The Hall–Kier alpha value is -1.22. The summed E-state index contributed by atoms with van der Waals surface area (Å²) in [5, 5.41) is 0. The van der Waals surface area contributed by atoms with E-state index in [0.717, 1.165) is 6.42 Å². The summed E-state index contributed by atoms with van der Waals surface area (Å²) in [5.74, 6) is 0. The Bertz CT molecular complexity index is 149. The summed E-state index contributed by atoms with van der Waals surface area (Å²) in [7, 11) is 0. The Labute approximate surface area is 93.7 Å². The van der Waals surface area contributed by atoms with Gasteiger partial charge in [-0.05, 0) is 0 Å². The van der Waals surface area contributed by atoms with Crippen molar-refractivity contribution >= 4 is 27.2 Å². The molecular formula is C9H5O4Ru. The van der Waals surface area contributed by atoms with E-state index in [4.69, 9.17) is 19.2 Å². The molecule has 14 heavy (non-hydrogen) atoms. The van der Waals surface area contributed by atoms with E-state index in [1.165, 1.54) is 4.17 Å². The molecule has 0 saturated carbocycles. The first-order chi connectivity index (χ1) is 6.89. The van der Waals surface area contributed by atoms with Gasteiger partial charge < -0.3 is 0 Å². The molecule has 0 fully saturated rings. The van der Waals surface area contributed by atoms with E-state index in [2.05, 4.69) is 63.7 Å². The quantitative estimate of drug-likeness (QED) is 0.575. The molecular weight excluding hydrogens is 273 g/mol. The van der Waals surface area contributed by atoms with Crippen LogP contribution < -0.4 is 0 Å². The van der Waals surface area contributed by atoms with Gasteiger partial charge in [0, 0.05) is 0 Å². The molecule has 8 radical (unpaired) electrons. The summed E-state index contributed by atoms with van der Waals surface area (Å²) in [4.78, 5) is 30.0. The second-order valence-electron chi connectivity index (χ2n) is 1.23. The van der Waals surface area contributed by atoms with Crippen LogP contribution in [0.2, 0.25) is 0 Å².